The predicted molar refractivity (Wildman–Crippen MR) is 115 cm³/mol. The first-order valence-corrected chi connectivity index (χ1v) is 13.8. The number of piperidine rings is 1. The summed E-state index contributed by atoms with van der Waals surface area (Å²) in [4.78, 5) is 2.67. The van der Waals surface area contributed by atoms with Gasteiger partial charge >= 0.3 is 0 Å². The molecule has 160 valence electrons. The molecule has 0 aromatic heterocycles. The molecule has 1 heterocycles. The Balaban J connectivity index is 1.71. The van der Waals surface area contributed by atoms with Crippen molar-refractivity contribution in [3.05, 3.63) is 0 Å². The largest absolute Gasteiger partial charge is 0.412 e. The van der Waals surface area contributed by atoms with Crippen LogP contribution in [-0.4, -0.2) is 72.6 Å². The average Bonchev–Trinajstić information content (AvgIpc) is 3.48. The summed E-state index contributed by atoms with van der Waals surface area (Å²) < 4.78 is 17.4. The van der Waals surface area contributed by atoms with Gasteiger partial charge in [-0.1, -0.05) is 20.8 Å². The summed E-state index contributed by atoms with van der Waals surface area (Å²) in [6.45, 7) is 12.5. The fourth-order valence-electron chi connectivity index (χ4n) is 4.53. The molecule has 1 aliphatic heterocycles. The lowest BCUT2D eigenvalue weighted by Gasteiger charge is -2.44. The number of nitrogens with one attached hydrogen (secondary N) is 1. The van der Waals surface area contributed by atoms with E-state index >= 15 is 0 Å². The van der Waals surface area contributed by atoms with Crippen LogP contribution in [0.5, 0.6) is 0 Å². The molecule has 5 nitrogen and oxygen atoms in total. The van der Waals surface area contributed by atoms with Gasteiger partial charge in [0, 0.05) is 27.3 Å². The second-order valence-corrected chi connectivity index (χ2v) is 13.3. The second-order valence-electron chi connectivity index (χ2n) is 8.58. The number of rotatable bonds is 14. The van der Waals surface area contributed by atoms with Crippen LogP contribution in [-0.2, 0) is 13.9 Å². The Kier molecular flexibility index (Phi) is 9.72. The van der Waals surface area contributed by atoms with E-state index in [9.17, 15) is 0 Å². The van der Waals surface area contributed by atoms with Gasteiger partial charge < -0.3 is 24.1 Å². The minimum Gasteiger partial charge on any atom is -0.412 e. The van der Waals surface area contributed by atoms with Gasteiger partial charge in [0.05, 0.1) is 6.10 Å². The van der Waals surface area contributed by atoms with Gasteiger partial charge in [0.25, 0.3) is 0 Å². The predicted octanol–water partition coefficient (Wildman–Crippen LogP) is 3.85. The number of methoxy groups -OCH3 is 2. The van der Waals surface area contributed by atoms with Crippen molar-refractivity contribution in [3.63, 3.8) is 0 Å². The standard InChI is InChI=1S/C21H44N2O3Si/c1-6-27(7-2,8-3)26-19-18-23(16-13-21(19)11-12-21)15-10-9-14-22-17-20(24-4)25-5/h19-20,22H,6-18H2,1-5H3. The summed E-state index contributed by atoms with van der Waals surface area (Å²) in [5, 5.41) is 3.42. The zero-order chi connectivity index (χ0) is 19.8. The Morgan fingerprint density at radius 3 is 2.26 bits per heavy atom. The van der Waals surface area contributed by atoms with Gasteiger partial charge in [0.15, 0.2) is 14.6 Å². The number of hydrogen-bond donors (Lipinski definition) is 1. The molecule has 0 bridgehead atoms. The molecule has 2 fully saturated rings. The highest BCUT2D eigenvalue weighted by Crippen LogP contribution is 2.55. The van der Waals surface area contributed by atoms with Crippen LogP contribution in [0.2, 0.25) is 18.1 Å². The first-order valence-electron chi connectivity index (χ1n) is 11.2. The summed E-state index contributed by atoms with van der Waals surface area (Å²) in [5.74, 6) is 0. The van der Waals surface area contributed by atoms with Gasteiger partial charge in [-0.3, -0.25) is 0 Å². The van der Waals surface area contributed by atoms with Crippen LogP contribution in [0, 0.1) is 5.41 Å². The van der Waals surface area contributed by atoms with E-state index in [2.05, 4.69) is 31.0 Å². The van der Waals surface area contributed by atoms with Crippen LogP contribution in [0.1, 0.15) is 52.9 Å². The van der Waals surface area contributed by atoms with Crippen LogP contribution >= 0.6 is 0 Å². The zero-order valence-corrected chi connectivity index (χ0v) is 19.5. The third-order valence-corrected chi connectivity index (χ3v) is 11.8. The molecule has 6 heteroatoms. The molecule has 1 aliphatic carbocycles. The van der Waals surface area contributed by atoms with Gasteiger partial charge in [-0.05, 0) is 75.3 Å². The molecule has 0 aromatic carbocycles. The first-order chi connectivity index (χ1) is 13.1. The molecule has 2 aliphatic rings. The molecule has 0 aromatic rings. The van der Waals surface area contributed by atoms with E-state index in [-0.39, 0.29) is 6.29 Å². The number of nitrogens with zero attached hydrogens (tertiary/aromatic N) is 1. The van der Waals surface area contributed by atoms with Crippen molar-refractivity contribution in [2.24, 2.45) is 5.41 Å². The molecule has 0 radical (unpaired) electrons. The van der Waals surface area contributed by atoms with E-state index < -0.39 is 8.32 Å². The molecule has 27 heavy (non-hydrogen) atoms. The van der Waals surface area contributed by atoms with Crippen LogP contribution < -0.4 is 5.32 Å². The van der Waals surface area contributed by atoms with E-state index in [1.54, 1.807) is 14.2 Å². The quantitative estimate of drug-likeness (QED) is 0.272. The van der Waals surface area contributed by atoms with Crippen molar-refractivity contribution in [2.75, 3.05) is 46.9 Å². The van der Waals surface area contributed by atoms with Crippen LogP contribution in [0.3, 0.4) is 0 Å². The normalized spacial score (nSPS) is 22.7. The lowest BCUT2D eigenvalue weighted by Crippen LogP contribution is -2.52. The summed E-state index contributed by atoms with van der Waals surface area (Å²) in [6, 6.07) is 3.80. The van der Waals surface area contributed by atoms with Gasteiger partial charge in [0.2, 0.25) is 0 Å². The lowest BCUT2D eigenvalue weighted by atomic mass is 9.90. The smallest absolute Gasteiger partial charge is 0.192 e. The summed E-state index contributed by atoms with van der Waals surface area (Å²) in [5.41, 5.74) is 0.547. The van der Waals surface area contributed by atoms with Crippen LogP contribution in [0.4, 0.5) is 0 Å². The van der Waals surface area contributed by atoms with E-state index in [1.165, 1.54) is 63.3 Å². The Labute approximate surface area is 168 Å². The minimum absolute atomic E-state index is 0.139. The Morgan fingerprint density at radius 1 is 1.04 bits per heavy atom. The molecule has 2 rings (SSSR count). The third-order valence-electron chi connectivity index (χ3n) is 7.17. The molecule has 1 saturated carbocycles. The number of hydrogen-bond acceptors (Lipinski definition) is 5. The highest BCUT2D eigenvalue weighted by Gasteiger charge is 2.54. The second kappa shape index (κ2) is 11.3. The molecule has 1 atom stereocenters. The number of ether oxygens (including phenoxy) is 2. The molecular weight excluding hydrogens is 356 g/mol. The van der Waals surface area contributed by atoms with Crippen LogP contribution in [0.25, 0.3) is 0 Å². The summed E-state index contributed by atoms with van der Waals surface area (Å²) >= 11 is 0. The van der Waals surface area contributed by atoms with Crippen molar-refractivity contribution in [1.29, 1.82) is 0 Å². The maximum atomic E-state index is 6.99. The number of unbranched alkanes of at least 4 members (excludes halogenated alkanes) is 1. The first kappa shape index (κ1) is 23.3. The monoisotopic (exact) mass is 400 g/mol. The maximum absolute atomic E-state index is 6.99. The fourth-order valence-corrected chi connectivity index (χ4v) is 7.46. The highest BCUT2D eigenvalue weighted by molar-refractivity contribution is 6.73. The van der Waals surface area contributed by atoms with Gasteiger partial charge in [-0.25, -0.2) is 0 Å². The minimum atomic E-state index is -1.51. The van der Waals surface area contributed by atoms with Crippen molar-refractivity contribution in [1.82, 2.24) is 10.2 Å². The highest BCUT2D eigenvalue weighted by atomic mass is 28.4. The van der Waals surface area contributed by atoms with Crippen LogP contribution in [0.15, 0.2) is 0 Å². The van der Waals surface area contributed by atoms with Crippen molar-refractivity contribution in [2.45, 2.75) is 83.4 Å². The lowest BCUT2D eigenvalue weighted by molar-refractivity contribution is -0.0986. The van der Waals surface area contributed by atoms with Gasteiger partial charge in [-0.2, -0.15) is 0 Å². The van der Waals surface area contributed by atoms with E-state index in [0.29, 0.717) is 11.5 Å². The van der Waals surface area contributed by atoms with E-state index in [0.717, 1.165) is 19.6 Å². The molecule has 0 amide bonds. The summed E-state index contributed by atoms with van der Waals surface area (Å²) in [6.07, 6.45) is 6.95. The summed E-state index contributed by atoms with van der Waals surface area (Å²) in [7, 11) is 1.86. The SMILES string of the molecule is CC[Si](CC)(CC)OC1CN(CCCCNCC(OC)OC)CCC12CC2. The average molecular weight is 401 g/mol. The molecule has 1 saturated heterocycles. The van der Waals surface area contributed by atoms with Crippen molar-refractivity contribution in [3.8, 4) is 0 Å². The maximum Gasteiger partial charge on any atom is 0.192 e. The molecule has 1 N–H and O–H groups in total. The molecule has 1 spiro atoms. The van der Waals surface area contributed by atoms with Gasteiger partial charge in [0.1, 0.15) is 0 Å². The fraction of sp³-hybridized carbons (Fsp3) is 1.00. The topological polar surface area (TPSA) is 43.0 Å². The number of likely N-dealkylation sites (tertiary alicyclic amines) is 1. The third kappa shape index (κ3) is 6.51. The van der Waals surface area contributed by atoms with Gasteiger partial charge in [-0.15, -0.1) is 0 Å². The Hall–Kier alpha value is 0.0169. The zero-order valence-electron chi connectivity index (χ0n) is 18.5. The van der Waals surface area contributed by atoms with E-state index in [1.807, 2.05) is 0 Å². The molecule has 1 unspecified atom stereocenters. The Bertz CT molecular complexity index is 404. The van der Waals surface area contributed by atoms with Crippen molar-refractivity contribution < 1.29 is 13.9 Å². The van der Waals surface area contributed by atoms with E-state index in [4.69, 9.17) is 13.9 Å². The van der Waals surface area contributed by atoms with Crippen molar-refractivity contribution >= 4 is 8.32 Å². The molecular formula is C21H44N2O3Si. The Morgan fingerprint density at radius 2 is 1.70 bits per heavy atom.